The highest BCUT2D eigenvalue weighted by molar-refractivity contribution is 7.92. The molecule has 0 radical (unpaired) electrons. The van der Waals surface area contributed by atoms with Crippen molar-refractivity contribution in [2.24, 2.45) is 0 Å². The van der Waals surface area contributed by atoms with E-state index in [0.717, 1.165) is 29.5 Å². The van der Waals surface area contributed by atoms with Gasteiger partial charge in [0.2, 0.25) is 0 Å². The van der Waals surface area contributed by atoms with Crippen molar-refractivity contribution in [1.82, 2.24) is 0 Å². The number of anilines is 2. The summed E-state index contributed by atoms with van der Waals surface area (Å²) in [6, 6.07) is 23.3. The molecule has 0 aromatic heterocycles. The topological polar surface area (TPSA) is 75.3 Å². The fourth-order valence-electron chi connectivity index (χ4n) is 4.17. The third kappa shape index (κ3) is 3.74. The summed E-state index contributed by atoms with van der Waals surface area (Å²) in [5.74, 6) is -0.239. The van der Waals surface area contributed by atoms with E-state index in [1.807, 2.05) is 25.1 Å². The van der Waals surface area contributed by atoms with Crippen LogP contribution in [0, 0.1) is 6.92 Å². The van der Waals surface area contributed by atoms with E-state index in [-0.39, 0.29) is 10.8 Å². The first-order valence-electron chi connectivity index (χ1n) is 10.5. The van der Waals surface area contributed by atoms with Gasteiger partial charge in [0.15, 0.2) is 0 Å². The molecule has 0 heterocycles. The summed E-state index contributed by atoms with van der Waals surface area (Å²) in [6.07, 6.45) is 2.06. The Labute approximate surface area is 187 Å². The van der Waals surface area contributed by atoms with Crippen molar-refractivity contribution in [3.05, 3.63) is 101 Å². The molecule has 2 N–H and O–H groups in total. The Kier molecular flexibility index (Phi) is 4.94. The molecule has 6 heteroatoms. The minimum absolute atomic E-state index is 0.192. The molecule has 0 atom stereocenters. The Morgan fingerprint density at radius 1 is 0.812 bits per heavy atom. The van der Waals surface area contributed by atoms with E-state index in [0.29, 0.717) is 11.3 Å². The van der Waals surface area contributed by atoms with Crippen LogP contribution in [0.4, 0.5) is 11.4 Å². The van der Waals surface area contributed by atoms with E-state index in [9.17, 15) is 13.2 Å². The number of hydrogen-bond acceptors (Lipinski definition) is 3. The monoisotopic (exact) mass is 442 g/mol. The number of amides is 1. The molecule has 0 bridgehead atoms. The van der Waals surface area contributed by atoms with Gasteiger partial charge in [-0.25, -0.2) is 8.42 Å². The van der Waals surface area contributed by atoms with Crippen LogP contribution in [0.1, 0.15) is 27.0 Å². The quantitative estimate of drug-likeness (QED) is 0.440. The number of nitrogens with one attached hydrogen (secondary N) is 2. The van der Waals surface area contributed by atoms with Crippen LogP contribution in [0.15, 0.2) is 83.8 Å². The van der Waals surface area contributed by atoms with Crippen LogP contribution in [-0.2, 0) is 22.9 Å². The van der Waals surface area contributed by atoms with Gasteiger partial charge < -0.3 is 5.32 Å². The predicted molar refractivity (Wildman–Crippen MR) is 128 cm³/mol. The van der Waals surface area contributed by atoms with Gasteiger partial charge in [-0.1, -0.05) is 42.0 Å². The van der Waals surface area contributed by atoms with Gasteiger partial charge in [-0.2, -0.15) is 0 Å². The molecule has 4 aromatic rings. The molecule has 0 unspecified atom stereocenters. The zero-order valence-electron chi connectivity index (χ0n) is 17.6. The highest BCUT2D eigenvalue weighted by Gasteiger charge is 2.18. The molecule has 4 aromatic carbocycles. The van der Waals surface area contributed by atoms with Crippen molar-refractivity contribution >= 4 is 38.1 Å². The molecular weight excluding hydrogens is 420 g/mol. The number of aryl methyl sites for hydroxylation is 3. The third-order valence-corrected chi connectivity index (χ3v) is 7.25. The molecule has 0 saturated carbocycles. The van der Waals surface area contributed by atoms with Gasteiger partial charge >= 0.3 is 0 Å². The lowest BCUT2D eigenvalue weighted by molar-refractivity contribution is 0.102. The zero-order valence-corrected chi connectivity index (χ0v) is 18.4. The molecule has 1 amide bonds. The van der Waals surface area contributed by atoms with Crippen LogP contribution in [0.3, 0.4) is 0 Å². The number of hydrogen-bond donors (Lipinski definition) is 2. The molecular formula is C26H22N2O3S. The summed E-state index contributed by atoms with van der Waals surface area (Å²) in [4.78, 5) is 13.0. The Balaban J connectivity index is 1.34. The summed E-state index contributed by atoms with van der Waals surface area (Å²) in [5.41, 5.74) is 5.25. The van der Waals surface area contributed by atoms with Gasteiger partial charge in [0, 0.05) is 22.3 Å². The summed E-state index contributed by atoms with van der Waals surface area (Å²) in [6.45, 7) is 1.90. The largest absolute Gasteiger partial charge is 0.321 e. The Bertz CT molecular complexity index is 1430. The molecule has 160 valence electrons. The van der Waals surface area contributed by atoms with Crippen molar-refractivity contribution in [1.29, 1.82) is 0 Å². The maximum absolute atomic E-state index is 12.8. The van der Waals surface area contributed by atoms with Crippen LogP contribution in [0.5, 0.6) is 0 Å². The number of benzene rings is 4. The third-order valence-electron chi connectivity index (χ3n) is 5.86. The van der Waals surface area contributed by atoms with E-state index in [1.54, 1.807) is 48.5 Å². The van der Waals surface area contributed by atoms with Crippen molar-refractivity contribution in [3.63, 3.8) is 0 Å². The maximum atomic E-state index is 12.8. The molecule has 0 saturated heterocycles. The highest BCUT2D eigenvalue weighted by atomic mass is 32.2. The van der Waals surface area contributed by atoms with Crippen molar-refractivity contribution in [3.8, 4) is 0 Å². The Morgan fingerprint density at radius 3 is 2.22 bits per heavy atom. The molecule has 32 heavy (non-hydrogen) atoms. The molecule has 5 rings (SSSR count). The average Bonchev–Trinajstić information content (AvgIpc) is 3.21. The van der Waals surface area contributed by atoms with Crippen molar-refractivity contribution in [2.75, 3.05) is 10.0 Å². The second kappa shape index (κ2) is 7.80. The van der Waals surface area contributed by atoms with Gasteiger partial charge in [-0.05, 0) is 78.7 Å². The first-order valence-corrected chi connectivity index (χ1v) is 11.9. The second-order valence-electron chi connectivity index (χ2n) is 8.06. The minimum Gasteiger partial charge on any atom is -0.321 e. The van der Waals surface area contributed by atoms with Crippen molar-refractivity contribution in [2.45, 2.75) is 24.7 Å². The summed E-state index contributed by atoms with van der Waals surface area (Å²) in [7, 11) is -3.69. The molecule has 1 aliphatic rings. The average molecular weight is 443 g/mol. The predicted octanol–water partition coefficient (Wildman–Crippen LogP) is 5.30. The molecule has 0 aliphatic heterocycles. The van der Waals surface area contributed by atoms with E-state index in [4.69, 9.17) is 0 Å². The first-order chi connectivity index (χ1) is 15.4. The van der Waals surface area contributed by atoms with Crippen LogP contribution in [0.2, 0.25) is 0 Å². The fraction of sp³-hybridized carbons (Fsp3) is 0.115. The first kappa shape index (κ1) is 20.3. The fourth-order valence-corrected chi connectivity index (χ4v) is 5.23. The smallest absolute Gasteiger partial charge is 0.261 e. The maximum Gasteiger partial charge on any atom is 0.261 e. The van der Waals surface area contributed by atoms with Crippen LogP contribution in [-0.4, -0.2) is 14.3 Å². The van der Waals surface area contributed by atoms with Crippen molar-refractivity contribution < 1.29 is 13.2 Å². The number of rotatable bonds is 5. The van der Waals surface area contributed by atoms with Gasteiger partial charge in [0.05, 0.1) is 4.90 Å². The highest BCUT2D eigenvalue weighted by Crippen LogP contribution is 2.35. The van der Waals surface area contributed by atoms with Crippen LogP contribution >= 0.6 is 0 Å². The molecule has 0 fully saturated rings. The molecule has 5 nitrogen and oxygen atoms in total. The summed E-state index contributed by atoms with van der Waals surface area (Å²) in [5, 5.41) is 5.30. The normalized spacial score (nSPS) is 12.7. The molecule has 0 spiro atoms. The standard InChI is InChI=1S/C26H22N2O3S/c1-17-5-14-22(15-6-17)32(30,31)28-21-12-9-20(10-13-21)26(29)27-24-16-11-19-8-7-18-3-2-4-23(24)25(18)19/h2-6,9-16,28H,7-8H2,1H3,(H,27,29). The number of carbonyl (C=O) groups is 1. The van der Waals surface area contributed by atoms with Gasteiger partial charge in [-0.3, -0.25) is 9.52 Å². The SMILES string of the molecule is Cc1ccc(S(=O)(=O)Nc2ccc(C(=O)Nc3ccc4c5c(cccc35)CC4)cc2)cc1. The Morgan fingerprint density at radius 2 is 1.50 bits per heavy atom. The van der Waals surface area contributed by atoms with E-state index in [1.165, 1.54) is 16.5 Å². The zero-order chi connectivity index (χ0) is 22.3. The van der Waals surface area contributed by atoms with E-state index >= 15 is 0 Å². The minimum atomic E-state index is -3.69. The van der Waals surface area contributed by atoms with Gasteiger partial charge in [0.1, 0.15) is 0 Å². The number of sulfonamides is 1. The lowest BCUT2D eigenvalue weighted by atomic mass is 10.0. The second-order valence-corrected chi connectivity index (χ2v) is 9.74. The van der Waals surface area contributed by atoms with E-state index < -0.39 is 10.0 Å². The lowest BCUT2D eigenvalue weighted by Gasteiger charge is -2.12. The Hall–Kier alpha value is -3.64. The summed E-state index contributed by atoms with van der Waals surface area (Å²) >= 11 is 0. The van der Waals surface area contributed by atoms with Crippen LogP contribution in [0.25, 0.3) is 10.8 Å². The van der Waals surface area contributed by atoms with E-state index in [2.05, 4.69) is 22.2 Å². The van der Waals surface area contributed by atoms with Crippen LogP contribution < -0.4 is 10.0 Å². The lowest BCUT2D eigenvalue weighted by Crippen LogP contribution is -2.14. The molecule has 1 aliphatic carbocycles. The number of carbonyl (C=O) groups excluding carboxylic acids is 1. The van der Waals surface area contributed by atoms with Gasteiger partial charge in [-0.15, -0.1) is 0 Å². The summed E-state index contributed by atoms with van der Waals surface area (Å²) < 4.78 is 27.7. The van der Waals surface area contributed by atoms with Gasteiger partial charge in [0.25, 0.3) is 15.9 Å².